The van der Waals surface area contributed by atoms with E-state index < -0.39 is 0 Å². The lowest BCUT2D eigenvalue weighted by atomic mass is 9.86. The first-order valence-corrected chi connectivity index (χ1v) is 6.42. The molecule has 0 saturated heterocycles. The van der Waals surface area contributed by atoms with Crippen LogP contribution in [0.1, 0.15) is 44.9 Å². The summed E-state index contributed by atoms with van der Waals surface area (Å²) in [5.74, 6) is 0.606. The highest BCUT2D eigenvalue weighted by molar-refractivity contribution is 4.95. The van der Waals surface area contributed by atoms with Gasteiger partial charge in [0.1, 0.15) is 0 Å². The summed E-state index contributed by atoms with van der Waals surface area (Å²) in [6.07, 6.45) is 14.1. The third-order valence-electron chi connectivity index (χ3n) is 3.70. The van der Waals surface area contributed by atoms with Crippen molar-refractivity contribution in [1.29, 1.82) is 0 Å². The summed E-state index contributed by atoms with van der Waals surface area (Å²) in [7, 11) is 0. The highest BCUT2D eigenvalue weighted by Gasteiger charge is 2.26. The Morgan fingerprint density at radius 2 is 2.00 bits per heavy atom. The van der Waals surface area contributed by atoms with Crippen LogP contribution in [0.2, 0.25) is 0 Å². The topological polar surface area (TPSA) is 35.2 Å². The highest BCUT2D eigenvalue weighted by atomic mass is 16.5. The van der Waals surface area contributed by atoms with Crippen LogP contribution in [0.5, 0.6) is 0 Å². The maximum Gasteiger partial charge on any atom is 0.0759 e. The van der Waals surface area contributed by atoms with Gasteiger partial charge in [-0.25, -0.2) is 0 Å². The summed E-state index contributed by atoms with van der Waals surface area (Å²) in [6.45, 7) is 0.793. The van der Waals surface area contributed by atoms with E-state index >= 15 is 0 Å². The summed E-state index contributed by atoms with van der Waals surface area (Å²) >= 11 is 0. The molecule has 0 heterocycles. The van der Waals surface area contributed by atoms with Crippen LogP contribution >= 0.6 is 0 Å². The minimum atomic E-state index is 0.371. The number of allylic oxidation sites excluding steroid dienone is 1. The molecule has 0 aromatic carbocycles. The van der Waals surface area contributed by atoms with E-state index in [1.807, 2.05) is 0 Å². The average molecular weight is 209 g/mol. The van der Waals surface area contributed by atoms with Crippen LogP contribution in [0.3, 0.4) is 0 Å². The zero-order valence-corrected chi connectivity index (χ0v) is 9.53. The van der Waals surface area contributed by atoms with E-state index in [0.717, 1.165) is 6.54 Å². The standard InChI is InChI=1S/C13H23NO/c14-10-11-6-4-5-9-13(11)15-12-7-2-1-3-8-12/h2,7,11-13H,1,3-6,8-10,14H2. The van der Waals surface area contributed by atoms with Gasteiger partial charge in [-0.2, -0.15) is 0 Å². The zero-order valence-electron chi connectivity index (χ0n) is 9.53. The maximum atomic E-state index is 6.17. The van der Waals surface area contributed by atoms with Gasteiger partial charge in [-0.3, -0.25) is 0 Å². The second-order valence-electron chi connectivity index (χ2n) is 4.85. The molecule has 0 aromatic heterocycles. The Hall–Kier alpha value is -0.340. The van der Waals surface area contributed by atoms with Crippen LogP contribution in [0.4, 0.5) is 0 Å². The molecule has 2 rings (SSSR count). The van der Waals surface area contributed by atoms with E-state index in [1.54, 1.807) is 0 Å². The molecule has 3 unspecified atom stereocenters. The summed E-state index contributed by atoms with van der Waals surface area (Å²) in [6, 6.07) is 0. The minimum absolute atomic E-state index is 0.371. The molecular weight excluding hydrogens is 186 g/mol. The predicted octanol–water partition coefficient (Wildman–Crippen LogP) is 2.63. The quantitative estimate of drug-likeness (QED) is 0.725. The van der Waals surface area contributed by atoms with E-state index in [4.69, 9.17) is 10.5 Å². The van der Waals surface area contributed by atoms with Crippen LogP contribution in [0, 0.1) is 5.92 Å². The van der Waals surface area contributed by atoms with Crippen molar-refractivity contribution in [2.24, 2.45) is 11.7 Å². The second kappa shape index (κ2) is 5.66. The lowest BCUT2D eigenvalue weighted by Gasteiger charge is -2.33. The Bertz CT molecular complexity index is 215. The second-order valence-corrected chi connectivity index (χ2v) is 4.85. The van der Waals surface area contributed by atoms with E-state index in [0.29, 0.717) is 18.1 Å². The molecule has 86 valence electrons. The van der Waals surface area contributed by atoms with Crippen LogP contribution in [0.15, 0.2) is 12.2 Å². The Kier molecular flexibility index (Phi) is 4.21. The fourth-order valence-corrected chi connectivity index (χ4v) is 2.74. The number of hydrogen-bond donors (Lipinski definition) is 1. The van der Waals surface area contributed by atoms with Gasteiger partial charge in [0.15, 0.2) is 0 Å². The number of nitrogens with two attached hydrogens (primary N) is 1. The molecule has 1 saturated carbocycles. The fourth-order valence-electron chi connectivity index (χ4n) is 2.74. The van der Waals surface area contributed by atoms with Crippen molar-refractivity contribution < 1.29 is 4.74 Å². The Labute approximate surface area is 92.9 Å². The molecule has 3 atom stereocenters. The molecule has 2 aliphatic rings. The summed E-state index contributed by atoms with van der Waals surface area (Å²) in [5, 5.41) is 0. The third kappa shape index (κ3) is 3.05. The molecule has 2 N–H and O–H groups in total. The SMILES string of the molecule is NCC1CCCCC1OC1C=CCCC1. The Morgan fingerprint density at radius 3 is 2.73 bits per heavy atom. The fraction of sp³-hybridized carbons (Fsp3) is 0.846. The van der Waals surface area contributed by atoms with Crippen LogP contribution in [0.25, 0.3) is 0 Å². The van der Waals surface area contributed by atoms with E-state index in [2.05, 4.69) is 12.2 Å². The number of ether oxygens (including phenoxy) is 1. The van der Waals surface area contributed by atoms with Crippen molar-refractivity contribution >= 4 is 0 Å². The predicted molar refractivity (Wildman–Crippen MR) is 62.7 cm³/mol. The average Bonchev–Trinajstić information content (AvgIpc) is 2.31. The molecule has 0 spiro atoms. The van der Waals surface area contributed by atoms with Crippen molar-refractivity contribution in [3.63, 3.8) is 0 Å². The molecule has 0 bridgehead atoms. The summed E-state index contributed by atoms with van der Waals surface area (Å²) < 4.78 is 6.17. The van der Waals surface area contributed by atoms with Crippen molar-refractivity contribution in [2.45, 2.75) is 57.2 Å². The van der Waals surface area contributed by atoms with Gasteiger partial charge in [-0.15, -0.1) is 0 Å². The minimum Gasteiger partial charge on any atom is -0.371 e. The highest BCUT2D eigenvalue weighted by Crippen LogP contribution is 2.28. The summed E-state index contributed by atoms with van der Waals surface area (Å²) in [5.41, 5.74) is 5.80. The first-order valence-electron chi connectivity index (χ1n) is 6.42. The van der Waals surface area contributed by atoms with Crippen molar-refractivity contribution in [2.75, 3.05) is 6.54 Å². The van der Waals surface area contributed by atoms with Gasteiger partial charge in [0.05, 0.1) is 12.2 Å². The lowest BCUT2D eigenvalue weighted by Crippen LogP contribution is -2.35. The Balaban J connectivity index is 1.85. The van der Waals surface area contributed by atoms with E-state index in [-0.39, 0.29) is 0 Å². The van der Waals surface area contributed by atoms with Crippen LogP contribution < -0.4 is 5.73 Å². The molecule has 2 aliphatic carbocycles. The molecule has 1 fully saturated rings. The van der Waals surface area contributed by atoms with E-state index in [9.17, 15) is 0 Å². The summed E-state index contributed by atoms with van der Waals surface area (Å²) in [4.78, 5) is 0. The van der Waals surface area contributed by atoms with Gasteiger partial charge < -0.3 is 10.5 Å². The molecule has 0 radical (unpaired) electrons. The monoisotopic (exact) mass is 209 g/mol. The maximum absolute atomic E-state index is 6.17. The number of hydrogen-bond acceptors (Lipinski definition) is 2. The zero-order chi connectivity index (χ0) is 10.5. The third-order valence-corrected chi connectivity index (χ3v) is 3.70. The smallest absolute Gasteiger partial charge is 0.0759 e. The van der Waals surface area contributed by atoms with Gasteiger partial charge in [-0.1, -0.05) is 25.0 Å². The first-order chi connectivity index (χ1) is 7.40. The van der Waals surface area contributed by atoms with Crippen molar-refractivity contribution in [3.05, 3.63) is 12.2 Å². The molecule has 0 amide bonds. The van der Waals surface area contributed by atoms with Crippen molar-refractivity contribution in [3.8, 4) is 0 Å². The van der Waals surface area contributed by atoms with Gasteiger partial charge in [-0.05, 0) is 44.6 Å². The normalized spacial score (nSPS) is 36.7. The molecule has 0 aliphatic heterocycles. The first kappa shape index (κ1) is 11.2. The van der Waals surface area contributed by atoms with Crippen LogP contribution in [-0.4, -0.2) is 18.8 Å². The molecule has 15 heavy (non-hydrogen) atoms. The largest absolute Gasteiger partial charge is 0.371 e. The van der Waals surface area contributed by atoms with Gasteiger partial charge in [0, 0.05) is 0 Å². The van der Waals surface area contributed by atoms with Crippen LogP contribution in [-0.2, 0) is 4.74 Å². The number of rotatable bonds is 3. The van der Waals surface area contributed by atoms with Crippen molar-refractivity contribution in [1.82, 2.24) is 0 Å². The van der Waals surface area contributed by atoms with E-state index in [1.165, 1.54) is 44.9 Å². The molecular formula is C13H23NO. The van der Waals surface area contributed by atoms with Gasteiger partial charge in [0.25, 0.3) is 0 Å². The molecule has 2 nitrogen and oxygen atoms in total. The lowest BCUT2D eigenvalue weighted by molar-refractivity contribution is -0.0428. The van der Waals surface area contributed by atoms with Gasteiger partial charge in [0.2, 0.25) is 0 Å². The molecule has 2 heteroatoms. The Morgan fingerprint density at radius 1 is 1.13 bits per heavy atom. The molecule has 0 aromatic rings. The van der Waals surface area contributed by atoms with Gasteiger partial charge >= 0.3 is 0 Å².